The van der Waals surface area contributed by atoms with Crippen LogP contribution in [0, 0.1) is 16.0 Å². The summed E-state index contributed by atoms with van der Waals surface area (Å²) in [6.07, 6.45) is 0.179. The van der Waals surface area contributed by atoms with Crippen molar-refractivity contribution in [2.24, 2.45) is 5.92 Å². The lowest BCUT2D eigenvalue weighted by Crippen LogP contribution is -2.23. The van der Waals surface area contributed by atoms with Crippen LogP contribution in [0.2, 0.25) is 0 Å². The molecule has 7 heteroatoms. The van der Waals surface area contributed by atoms with Gasteiger partial charge < -0.3 is 10.4 Å². The Morgan fingerprint density at radius 1 is 1.17 bits per heavy atom. The Kier molecular flexibility index (Phi) is 5.26. The predicted octanol–water partition coefficient (Wildman–Crippen LogP) is 3.11. The average molecular weight is 328 g/mol. The number of aromatic carboxylic acids is 1. The van der Waals surface area contributed by atoms with Gasteiger partial charge in [0.15, 0.2) is 0 Å². The molecular weight excluding hydrogens is 312 g/mol. The van der Waals surface area contributed by atoms with E-state index in [0.29, 0.717) is 5.56 Å². The van der Waals surface area contributed by atoms with Gasteiger partial charge >= 0.3 is 5.97 Å². The van der Waals surface area contributed by atoms with Crippen molar-refractivity contribution in [1.82, 2.24) is 0 Å². The van der Waals surface area contributed by atoms with E-state index in [2.05, 4.69) is 5.32 Å². The van der Waals surface area contributed by atoms with Crippen LogP contribution >= 0.6 is 0 Å². The highest BCUT2D eigenvalue weighted by atomic mass is 16.6. The van der Waals surface area contributed by atoms with E-state index in [9.17, 15) is 19.7 Å². The van der Waals surface area contributed by atoms with Gasteiger partial charge in [-0.15, -0.1) is 0 Å². The van der Waals surface area contributed by atoms with Crippen molar-refractivity contribution in [2.75, 3.05) is 5.32 Å². The highest BCUT2D eigenvalue weighted by Gasteiger charge is 2.21. The normalized spacial score (nSPS) is 11.5. The molecule has 1 unspecified atom stereocenters. The molecule has 2 aromatic rings. The maximum Gasteiger partial charge on any atom is 0.337 e. The highest BCUT2D eigenvalue weighted by molar-refractivity contribution is 6.01. The van der Waals surface area contributed by atoms with Gasteiger partial charge in [0.2, 0.25) is 5.91 Å². The Bertz CT molecular complexity index is 788. The summed E-state index contributed by atoms with van der Waals surface area (Å²) in [6.45, 7) is 1.63. The van der Waals surface area contributed by atoms with Crippen molar-refractivity contribution in [3.63, 3.8) is 0 Å². The minimum Gasteiger partial charge on any atom is -0.478 e. The number of nitro groups is 1. The summed E-state index contributed by atoms with van der Waals surface area (Å²) in [7, 11) is 0. The van der Waals surface area contributed by atoms with Crippen LogP contribution in [0.5, 0.6) is 0 Å². The van der Waals surface area contributed by atoms with Gasteiger partial charge in [0.1, 0.15) is 0 Å². The third kappa shape index (κ3) is 3.95. The van der Waals surface area contributed by atoms with Crippen LogP contribution in [0.4, 0.5) is 11.4 Å². The molecule has 7 nitrogen and oxygen atoms in total. The number of hydrogen-bond donors (Lipinski definition) is 2. The Morgan fingerprint density at radius 3 is 2.46 bits per heavy atom. The lowest BCUT2D eigenvalue weighted by molar-refractivity contribution is -0.385. The molecule has 0 radical (unpaired) electrons. The van der Waals surface area contributed by atoms with Crippen molar-refractivity contribution < 1.29 is 19.6 Å². The molecule has 124 valence electrons. The number of carbonyl (C=O) groups excluding carboxylic acids is 1. The fourth-order valence-corrected chi connectivity index (χ4v) is 2.32. The first-order valence-corrected chi connectivity index (χ1v) is 7.25. The zero-order chi connectivity index (χ0) is 17.7. The fourth-order valence-electron chi connectivity index (χ4n) is 2.32. The largest absolute Gasteiger partial charge is 0.478 e. The summed E-state index contributed by atoms with van der Waals surface area (Å²) in [5.41, 5.74) is 0.605. The van der Waals surface area contributed by atoms with Gasteiger partial charge in [0.25, 0.3) is 5.69 Å². The van der Waals surface area contributed by atoms with Crippen molar-refractivity contribution >= 4 is 23.3 Å². The molecule has 2 aromatic carbocycles. The second-order valence-electron chi connectivity index (χ2n) is 5.33. The summed E-state index contributed by atoms with van der Waals surface area (Å²) >= 11 is 0. The van der Waals surface area contributed by atoms with Gasteiger partial charge in [-0.1, -0.05) is 37.3 Å². The average Bonchev–Trinajstić information content (AvgIpc) is 2.55. The molecule has 0 saturated heterocycles. The Morgan fingerprint density at radius 2 is 1.79 bits per heavy atom. The zero-order valence-electron chi connectivity index (χ0n) is 12.9. The fraction of sp³-hybridized carbons (Fsp3) is 0.176. The Hall–Kier alpha value is -3.22. The van der Waals surface area contributed by atoms with Crippen LogP contribution < -0.4 is 5.32 Å². The first kappa shape index (κ1) is 17.1. The summed E-state index contributed by atoms with van der Waals surface area (Å²) in [5.74, 6) is -2.10. The molecule has 1 amide bonds. The lowest BCUT2D eigenvalue weighted by atomic mass is 9.98. The SMILES string of the molecule is CC(Cc1ccccc1[N+](=O)[O-])C(=O)Nc1ccccc1C(=O)O. The Labute approximate surface area is 138 Å². The summed E-state index contributed by atoms with van der Waals surface area (Å²) in [4.78, 5) is 34.0. The van der Waals surface area contributed by atoms with E-state index < -0.39 is 22.7 Å². The second kappa shape index (κ2) is 7.36. The van der Waals surface area contributed by atoms with Crippen LogP contribution in [0.1, 0.15) is 22.8 Å². The maximum absolute atomic E-state index is 12.3. The smallest absolute Gasteiger partial charge is 0.337 e. The van der Waals surface area contributed by atoms with E-state index in [-0.39, 0.29) is 23.4 Å². The van der Waals surface area contributed by atoms with E-state index in [1.165, 1.54) is 18.2 Å². The molecular formula is C17H16N2O5. The van der Waals surface area contributed by atoms with Crippen LogP contribution in [-0.2, 0) is 11.2 Å². The summed E-state index contributed by atoms with van der Waals surface area (Å²) in [6, 6.07) is 12.3. The minimum atomic E-state index is -1.14. The number of nitrogens with zero attached hydrogens (tertiary/aromatic N) is 1. The van der Waals surface area contributed by atoms with Gasteiger partial charge in [-0.05, 0) is 18.6 Å². The Balaban J connectivity index is 2.14. The quantitative estimate of drug-likeness (QED) is 0.625. The van der Waals surface area contributed by atoms with Crippen LogP contribution in [-0.4, -0.2) is 21.9 Å². The number of para-hydroxylation sites is 2. The summed E-state index contributed by atoms with van der Waals surface area (Å²) in [5, 5.41) is 22.7. The molecule has 0 saturated carbocycles. The number of nitro benzene ring substituents is 1. The van der Waals surface area contributed by atoms with Crippen LogP contribution in [0.15, 0.2) is 48.5 Å². The van der Waals surface area contributed by atoms with E-state index in [1.54, 1.807) is 37.3 Å². The summed E-state index contributed by atoms with van der Waals surface area (Å²) < 4.78 is 0. The van der Waals surface area contributed by atoms with Gasteiger partial charge in [0, 0.05) is 17.5 Å². The van der Waals surface area contributed by atoms with Crippen molar-refractivity contribution in [2.45, 2.75) is 13.3 Å². The molecule has 0 aromatic heterocycles. The van der Waals surface area contributed by atoms with Gasteiger partial charge in [-0.3, -0.25) is 14.9 Å². The predicted molar refractivity (Wildman–Crippen MR) is 88.0 cm³/mol. The van der Waals surface area contributed by atoms with E-state index in [0.717, 1.165) is 0 Å². The number of nitrogens with one attached hydrogen (secondary N) is 1. The monoisotopic (exact) mass is 328 g/mol. The molecule has 0 aliphatic rings. The van der Waals surface area contributed by atoms with Crippen LogP contribution in [0.3, 0.4) is 0 Å². The molecule has 24 heavy (non-hydrogen) atoms. The molecule has 2 rings (SSSR count). The van der Waals surface area contributed by atoms with Gasteiger partial charge in [-0.25, -0.2) is 4.79 Å². The molecule has 0 spiro atoms. The van der Waals surface area contributed by atoms with Crippen molar-refractivity contribution in [1.29, 1.82) is 0 Å². The number of carbonyl (C=O) groups is 2. The third-order valence-electron chi connectivity index (χ3n) is 3.58. The number of carboxylic acids is 1. The number of anilines is 1. The first-order valence-electron chi connectivity index (χ1n) is 7.25. The molecule has 1 atom stereocenters. The topological polar surface area (TPSA) is 110 Å². The second-order valence-corrected chi connectivity index (χ2v) is 5.33. The van der Waals surface area contributed by atoms with Crippen LogP contribution in [0.25, 0.3) is 0 Å². The van der Waals surface area contributed by atoms with Gasteiger partial charge in [-0.2, -0.15) is 0 Å². The third-order valence-corrected chi connectivity index (χ3v) is 3.58. The maximum atomic E-state index is 12.3. The van der Waals surface area contributed by atoms with E-state index in [4.69, 9.17) is 5.11 Å². The standard InChI is InChI=1S/C17H16N2O5/c1-11(10-12-6-2-5-9-15(12)19(23)24)16(20)18-14-8-4-3-7-13(14)17(21)22/h2-9,11H,10H2,1H3,(H,18,20)(H,21,22). The highest BCUT2D eigenvalue weighted by Crippen LogP contribution is 2.22. The number of benzene rings is 2. The molecule has 0 fully saturated rings. The van der Waals surface area contributed by atoms with E-state index in [1.807, 2.05) is 0 Å². The number of amides is 1. The molecule has 2 N–H and O–H groups in total. The van der Waals surface area contributed by atoms with E-state index >= 15 is 0 Å². The molecule has 0 aliphatic carbocycles. The first-order chi connectivity index (χ1) is 11.4. The zero-order valence-corrected chi connectivity index (χ0v) is 12.9. The molecule has 0 heterocycles. The molecule has 0 bridgehead atoms. The molecule has 0 aliphatic heterocycles. The number of rotatable bonds is 6. The lowest BCUT2D eigenvalue weighted by Gasteiger charge is -2.14. The van der Waals surface area contributed by atoms with Crippen molar-refractivity contribution in [3.8, 4) is 0 Å². The minimum absolute atomic E-state index is 0.0104. The number of hydrogen-bond acceptors (Lipinski definition) is 4. The number of carboxylic acid groups (broad SMARTS) is 1. The van der Waals surface area contributed by atoms with Crippen molar-refractivity contribution in [3.05, 3.63) is 69.8 Å². The van der Waals surface area contributed by atoms with Gasteiger partial charge in [0.05, 0.1) is 16.2 Å².